The number of hydrogen-bond donors (Lipinski definition) is 3. The second-order valence-electron chi connectivity index (χ2n) is 10.7. The molecule has 0 amide bonds. The minimum absolute atomic E-state index is 0.262. The second-order valence-corrected chi connectivity index (χ2v) is 10.7. The van der Waals surface area contributed by atoms with Crippen LogP contribution in [0.1, 0.15) is 65.5 Å². The third-order valence-corrected chi connectivity index (χ3v) is 7.82. The maximum Gasteiger partial charge on any atom is 0.121 e. The van der Waals surface area contributed by atoms with E-state index in [0.717, 1.165) is 62.4 Å². The van der Waals surface area contributed by atoms with Gasteiger partial charge in [0.25, 0.3) is 0 Å². The van der Waals surface area contributed by atoms with E-state index in [0.29, 0.717) is 6.04 Å². The molecular formula is C32H38N6. The van der Waals surface area contributed by atoms with Gasteiger partial charge in [-0.05, 0) is 72.6 Å². The molecule has 2 heterocycles. The molecule has 0 aliphatic heterocycles. The van der Waals surface area contributed by atoms with Gasteiger partial charge in [-0.25, -0.2) is 4.98 Å². The van der Waals surface area contributed by atoms with Gasteiger partial charge >= 0.3 is 0 Å². The highest BCUT2D eigenvalue weighted by atomic mass is 15.2. The van der Waals surface area contributed by atoms with Crippen LogP contribution in [-0.2, 0) is 32.6 Å². The summed E-state index contributed by atoms with van der Waals surface area (Å²) in [5.41, 5.74) is 8.78. The first kappa shape index (κ1) is 25.0. The molecule has 2 aliphatic rings. The van der Waals surface area contributed by atoms with Crippen LogP contribution in [0.4, 0.5) is 0 Å². The zero-order valence-electron chi connectivity index (χ0n) is 22.1. The molecule has 196 valence electrons. The molecule has 1 fully saturated rings. The largest absolute Gasteiger partial charge is 0.341 e. The molecule has 0 saturated heterocycles. The number of benzene rings is 2. The molecule has 6 heteroatoms. The lowest BCUT2D eigenvalue weighted by molar-refractivity contribution is 0.153. The van der Waals surface area contributed by atoms with Crippen LogP contribution < -0.4 is 10.6 Å². The van der Waals surface area contributed by atoms with Gasteiger partial charge in [-0.3, -0.25) is 9.88 Å². The Hall–Kier alpha value is -3.32. The topological polar surface area (TPSA) is 68.9 Å². The van der Waals surface area contributed by atoms with Crippen molar-refractivity contribution in [1.82, 2.24) is 30.5 Å². The standard InChI is InChI=1S/C32H38N6/c1-2-16-33-20-26-18-23(19-35-27-14-15-27)12-13-25(26)21-38(22-31-36-28-9-3-4-10-29(28)37-31)30-11-5-7-24-8-6-17-34-32(24)30/h2-4,6,8-10,12-13,17-18,27,30,33,35H,1,5,7,11,14-16,19-22H2,(H,36,37). The van der Waals surface area contributed by atoms with Gasteiger partial charge in [0.05, 0.1) is 29.3 Å². The summed E-state index contributed by atoms with van der Waals surface area (Å²) in [6, 6.07) is 20.6. The number of nitrogens with one attached hydrogen (secondary N) is 3. The first-order valence-corrected chi connectivity index (χ1v) is 14.0. The predicted molar refractivity (Wildman–Crippen MR) is 153 cm³/mol. The molecule has 4 aromatic rings. The third-order valence-electron chi connectivity index (χ3n) is 7.82. The van der Waals surface area contributed by atoms with Crippen molar-refractivity contribution < 1.29 is 0 Å². The number of fused-ring (bicyclic) bond motifs is 2. The van der Waals surface area contributed by atoms with E-state index < -0.39 is 0 Å². The van der Waals surface area contributed by atoms with Gasteiger partial charge in [0.2, 0.25) is 0 Å². The van der Waals surface area contributed by atoms with E-state index in [9.17, 15) is 0 Å². The molecule has 2 aliphatic carbocycles. The fourth-order valence-electron chi connectivity index (χ4n) is 5.67. The smallest absolute Gasteiger partial charge is 0.121 e. The Labute approximate surface area is 225 Å². The number of H-pyrrole nitrogens is 1. The minimum Gasteiger partial charge on any atom is -0.341 e. The average molecular weight is 507 g/mol. The summed E-state index contributed by atoms with van der Waals surface area (Å²) in [6.07, 6.45) is 9.88. The van der Waals surface area contributed by atoms with E-state index in [4.69, 9.17) is 9.97 Å². The summed E-state index contributed by atoms with van der Waals surface area (Å²) >= 11 is 0. The highest BCUT2D eigenvalue weighted by Gasteiger charge is 2.29. The van der Waals surface area contributed by atoms with Crippen LogP contribution in [0.25, 0.3) is 11.0 Å². The van der Waals surface area contributed by atoms with E-state index in [-0.39, 0.29) is 6.04 Å². The Kier molecular flexibility index (Phi) is 7.63. The van der Waals surface area contributed by atoms with Crippen LogP contribution in [0.5, 0.6) is 0 Å². The quantitative estimate of drug-likeness (QED) is 0.173. The molecule has 0 spiro atoms. The zero-order chi connectivity index (χ0) is 25.7. The van der Waals surface area contributed by atoms with Crippen molar-refractivity contribution in [1.29, 1.82) is 0 Å². The van der Waals surface area contributed by atoms with Crippen molar-refractivity contribution in [3.63, 3.8) is 0 Å². The number of para-hydroxylation sites is 2. The molecular weight excluding hydrogens is 468 g/mol. The summed E-state index contributed by atoms with van der Waals surface area (Å²) in [5, 5.41) is 7.21. The predicted octanol–water partition coefficient (Wildman–Crippen LogP) is 5.57. The summed E-state index contributed by atoms with van der Waals surface area (Å²) < 4.78 is 0. The maximum atomic E-state index is 4.94. The van der Waals surface area contributed by atoms with Crippen molar-refractivity contribution >= 4 is 11.0 Å². The third kappa shape index (κ3) is 5.88. The Morgan fingerprint density at radius 1 is 1.00 bits per heavy atom. The number of hydrogen-bond acceptors (Lipinski definition) is 5. The monoisotopic (exact) mass is 506 g/mol. The van der Waals surface area contributed by atoms with Gasteiger partial charge in [-0.15, -0.1) is 6.58 Å². The van der Waals surface area contributed by atoms with Crippen molar-refractivity contribution in [2.45, 2.75) is 70.4 Å². The summed E-state index contributed by atoms with van der Waals surface area (Å²) in [4.78, 5) is 16.0. The van der Waals surface area contributed by atoms with E-state index in [2.05, 4.69) is 75.6 Å². The SMILES string of the molecule is C=CCNCc1cc(CNC2CC2)ccc1CN(Cc1nc2ccccc2[nH]1)C1CCCc2cccnc21. The van der Waals surface area contributed by atoms with Crippen LogP contribution in [-0.4, -0.2) is 32.4 Å². The first-order chi connectivity index (χ1) is 18.8. The zero-order valence-corrected chi connectivity index (χ0v) is 22.1. The number of aryl methyl sites for hydroxylation is 1. The second kappa shape index (κ2) is 11.6. The summed E-state index contributed by atoms with van der Waals surface area (Å²) in [6.45, 7) is 8.04. The van der Waals surface area contributed by atoms with E-state index >= 15 is 0 Å². The molecule has 0 bridgehead atoms. The number of aromatic nitrogens is 3. The first-order valence-electron chi connectivity index (χ1n) is 14.0. The molecule has 6 rings (SSSR count). The normalized spacial score (nSPS) is 17.1. The maximum absolute atomic E-state index is 4.94. The van der Waals surface area contributed by atoms with Crippen LogP contribution in [0.3, 0.4) is 0 Å². The number of aromatic amines is 1. The van der Waals surface area contributed by atoms with Crippen LogP contribution in [0.2, 0.25) is 0 Å². The molecule has 1 atom stereocenters. The van der Waals surface area contributed by atoms with Crippen molar-refractivity contribution in [3.8, 4) is 0 Å². The van der Waals surface area contributed by atoms with E-state index in [1.54, 1.807) is 0 Å². The summed E-state index contributed by atoms with van der Waals surface area (Å²) in [7, 11) is 0. The Bertz CT molecular complexity index is 1350. The number of rotatable bonds is 12. The van der Waals surface area contributed by atoms with Crippen LogP contribution in [0.15, 0.2) is 73.4 Å². The Morgan fingerprint density at radius 3 is 2.79 bits per heavy atom. The van der Waals surface area contributed by atoms with Crippen molar-refractivity contribution in [2.75, 3.05) is 6.54 Å². The van der Waals surface area contributed by atoms with Crippen LogP contribution >= 0.6 is 0 Å². The molecule has 0 radical (unpaired) electrons. The minimum atomic E-state index is 0.262. The van der Waals surface area contributed by atoms with Gasteiger partial charge in [0.1, 0.15) is 5.82 Å². The lowest BCUT2D eigenvalue weighted by Gasteiger charge is -2.35. The lowest BCUT2D eigenvalue weighted by Crippen LogP contribution is -2.32. The summed E-state index contributed by atoms with van der Waals surface area (Å²) in [5.74, 6) is 1.01. The molecule has 38 heavy (non-hydrogen) atoms. The van der Waals surface area contributed by atoms with Gasteiger partial charge in [-0.1, -0.05) is 42.5 Å². The molecule has 6 nitrogen and oxygen atoms in total. The fraction of sp³-hybridized carbons (Fsp3) is 0.375. The highest BCUT2D eigenvalue weighted by Crippen LogP contribution is 2.35. The molecule has 1 saturated carbocycles. The molecule has 1 unspecified atom stereocenters. The van der Waals surface area contributed by atoms with Gasteiger partial charge in [-0.2, -0.15) is 0 Å². The molecule has 2 aromatic heterocycles. The number of imidazole rings is 1. The van der Waals surface area contributed by atoms with Crippen molar-refractivity contribution in [2.24, 2.45) is 0 Å². The van der Waals surface area contributed by atoms with Crippen molar-refractivity contribution in [3.05, 3.63) is 107 Å². The Balaban J connectivity index is 1.31. The highest BCUT2D eigenvalue weighted by molar-refractivity contribution is 5.74. The Morgan fingerprint density at radius 2 is 1.92 bits per heavy atom. The van der Waals surface area contributed by atoms with E-state index in [1.807, 2.05) is 18.3 Å². The van der Waals surface area contributed by atoms with Crippen LogP contribution in [0, 0.1) is 0 Å². The van der Waals surface area contributed by atoms with E-state index in [1.165, 1.54) is 47.2 Å². The van der Waals surface area contributed by atoms with Gasteiger partial charge in [0.15, 0.2) is 0 Å². The number of nitrogens with zero attached hydrogens (tertiary/aromatic N) is 3. The lowest BCUT2D eigenvalue weighted by atomic mass is 9.90. The average Bonchev–Trinajstić information content (AvgIpc) is 3.69. The fourth-order valence-corrected chi connectivity index (χ4v) is 5.67. The van der Waals surface area contributed by atoms with Gasteiger partial charge in [0, 0.05) is 38.4 Å². The molecule has 3 N–H and O–H groups in total. The number of pyridine rings is 1. The van der Waals surface area contributed by atoms with Gasteiger partial charge < -0.3 is 15.6 Å². The molecule has 2 aromatic carbocycles.